The minimum Gasteiger partial charge on any atom is -0.368 e. The van der Waals surface area contributed by atoms with Gasteiger partial charge >= 0.3 is 0 Å². The summed E-state index contributed by atoms with van der Waals surface area (Å²) in [5.74, 6) is 2.64. The van der Waals surface area contributed by atoms with Crippen molar-refractivity contribution in [1.29, 1.82) is 0 Å². The Morgan fingerprint density at radius 2 is 1.85 bits per heavy atom. The number of hydrogen-bond donors (Lipinski definition) is 4. The van der Waals surface area contributed by atoms with Gasteiger partial charge in [0.25, 0.3) is 0 Å². The van der Waals surface area contributed by atoms with Crippen LogP contribution in [0.15, 0.2) is 30.3 Å². The van der Waals surface area contributed by atoms with Crippen molar-refractivity contribution in [2.75, 3.05) is 11.9 Å². The molecule has 3 aliphatic rings. The predicted molar refractivity (Wildman–Crippen MR) is 106 cm³/mol. The molecule has 0 radical (unpaired) electrons. The molecule has 0 spiro atoms. The summed E-state index contributed by atoms with van der Waals surface area (Å²) in [5, 5.41) is 7.06. The maximum Gasteiger partial charge on any atom is 0.134 e. The van der Waals surface area contributed by atoms with Gasteiger partial charge in [-0.25, -0.2) is 15.4 Å². The SMILES string of the molecule is c1ccc(C2CC(CNc3nc(C4CCCC4)nc4c3CNC4)NN2)cc1. The van der Waals surface area contributed by atoms with Crippen LogP contribution in [0.3, 0.4) is 0 Å². The van der Waals surface area contributed by atoms with Crippen molar-refractivity contribution >= 4 is 5.82 Å². The third-order valence-electron chi connectivity index (χ3n) is 6.12. The molecule has 1 aromatic carbocycles. The highest BCUT2D eigenvalue weighted by Crippen LogP contribution is 2.34. The Morgan fingerprint density at radius 3 is 2.70 bits per heavy atom. The lowest BCUT2D eigenvalue weighted by atomic mass is 10.0. The fourth-order valence-corrected chi connectivity index (χ4v) is 4.58. The van der Waals surface area contributed by atoms with Crippen molar-refractivity contribution in [2.24, 2.45) is 0 Å². The van der Waals surface area contributed by atoms with E-state index in [9.17, 15) is 0 Å². The zero-order valence-electron chi connectivity index (χ0n) is 15.7. The first kappa shape index (κ1) is 17.1. The summed E-state index contributed by atoms with van der Waals surface area (Å²) in [5.41, 5.74) is 10.7. The second-order valence-corrected chi connectivity index (χ2v) is 8.01. The molecule has 1 saturated carbocycles. The molecule has 27 heavy (non-hydrogen) atoms. The number of fused-ring (bicyclic) bond motifs is 1. The lowest BCUT2D eigenvalue weighted by Gasteiger charge is -2.16. The van der Waals surface area contributed by atoms with Crippen LogP contribution in [0.2, 0.25) is 0 Å². The highest BCUT2D eigenvalue weighted by Gasteiger charge is 2.27. The van der Waals surface area contributed by atoms with Crippen molar-refractivity contribution in [2.45, 2.75) is 63.2 Å². The largest absolute Gasteiger partial charge is 0.368 e. The predicted octanol–water partition coefficient (Wildman–Crippen LogP) is 2.76. The minimum atomic E-state index is 0.366. The van der Waals surface area contributed by atoms with Gasteiger partial charge in [-0.05, 0) is 24.8 Å². The fourth-order valence-electron chi connectivity index (χ4n) is 4.58. The summed E-state index contributed by atoms with van der Waals surface area (Å²) in [6, 6.07) is 11.4. The summed E-state index contributed by atoms with van der Waals surface area (Å²) in [7, 11) is 0. The van der Waals surface area contributed by atoms with Crippen LogP contribution < -0.4 is 21.5 Å². The van der Waals surface area contributed by atoms with Crippen LogP contribution in [0.4, 0.5) is 5.82 Å². The second-order valence-electron chi connectivity index (χ2n) is 8.01. The number of nitrogens with zero attached hydrogens (tertiary/aromatic N) is 2. The molecule has 2 atom stereocenters. The van der Waals surface area contributed by atoms with Crippen molar-refractivity contribution < 1.29 is 0 Å². The van der Waals surface area contributed by atoms with Crippen LogP contribution >= 0.6 is 0 Å². The number of hydrazine groups is 1. The number of benzene rings is 1. The van der Waals surface area contributed by atoms with E-state index >= 15 is 0 Å². The summed E-state index contributed by atoms with van der Waals surface area (Å²) in [6.45, 7) is 2.60. The molecule has 2 fully saturated rings. The van der Waals surface area contributed by atoms with E-state index in [4.69, 9.17) is 9.97 Å². The molecule has 4 N–H and O–H groups in total. The van der Waals surface area contributed by atoms with Crippen molar-refractivity contribution in [3.8, 4) is 0 Å². The van der Waals surface area contributed by atoms with Gasteiger partial charge < -0.3 is 10.6 Å². The van der Waals surface area contributed by atoms with E-state index in [1.54, 1.807) is 0 Å². The Bertz CT molecular complexity index is 787. The monoisotopic (exact) mass is 364 g/mol. The van der Waals surface area contributed by atoms with E-state index in [1.807, 2.05) is 0 Å². The summed E-state index contributed by atoms with van der Waals surface area (Å²) in [6.07, 6.45) is 6.16. The van der Waals surface area contributed by atoms with Crippen LogP contribution in [-0.2, 0) is 13.1 Å². The molecular formula is C21H28N6. The molecular weight excluding hydrogens is 336 g/mol. The molecule has 2 aliphatic heterocycles. The molecule has 6 nitrogen and oxygen atoms in total. The topological polar surface area (TPSA) is 73.9 Å². The van der Waals surface area contributed by atoms with E-state index < -0.39 is 0 Å². The number of anilines is 1. The number of aromatic nitrogens is 2. The molecule has 3 heterocycles. The van der Waals surface area contributed by atoms with Gasteiger partial charge in [-0.15, -0.1) is 0 Å². The molecule has 0 amide bonds. The third kappa shape index (κ3) is 3.57. The van der Waals surface area contributed by atoms with Gasteiger partial charge in [-0.1, -0.05) is 43.2 Å². The van der Waals surface area contributed by atoms with Gasteiger partial charge in [0, 0.05) is 43.2 Å². The van der Waals surface area contributed by atoms with E-state index in [2.05, 4.69) is 51.8 Å². The second kappa shape index (κ2) is 7.54. The number of rotatable bonds is 5. The van der Waals surface area contributed by atoms with E-state index in [0.29, 0.717) is 18.0 Å². The highest BCUT2D eigenvalue weighted by molar-refractivity contribution is 5.49. The molecule has 1 aliphatic carbocycles. The van der Waals surface area contributed by atoms with E-state index in [-0.39, 0.29) is 0 Å². The van der Waals surface area contributed by atoms with E-state index in [1.165, 1.54) is 42.5 Å². The lowest BCUT2D eigenvalue weighted by Crippen LogP contribution is -2.35. The zero-order chi connectivity index (χ0) is 18.1. The molecule has 1 aromatic heterocycles. The Hall–Kier alpha value is -2.02. The zero-order valence-corrected chi connectivity index (χ0v) is 15.7. The molecule has 6 heteroatoms. The summed E-state index contributed by atoms with van der Waals surface area (Å²) < 4.78 is 0. The molecule has 2 aromatic rings. The Kier molecular flexibility index (Phi) is 4.78. The molecule has 5 rings (SSSR count). The van der Waals surface area contributed by atoms with Crippen LogP contribution in [0.5, 0.6) is 0 Å². The molecule has 2 unspecified atom stereocenters. The molecule has 142 valence electrons. The lowest BCUT2D eigenvalue weighted by molar-refractivity contribution is 0.552. The van der Waals surface area contributed by atoms with Crippen molar-refractivity contribution in [3.05, 3.63) is 53.0 Å². The highest BCUT2D eigenvalue weighted by atomic mass is 15.4. The summed E-state index contributed by atoms with van der Waals surface area (Å²) >= 11 is 0. The Balaban J connectivity index is 1.27. The van der Waals surface area contributed by atoms with Crippen molar-refractivity contribution in [1.82, 2.24) is 26.1 Å². The van der Waals surface area contributed by atoms with Crippen LogP contribution in [0, 0.1) is 0 Å². The normalized spacial score (nSPS) is 25.0. The third-order valence-corrected chi connectivity index (χ3v) is 6.12. The van der Waals surface area contributed by atoms with Crippen LogP contribution in [0.25, 0.3) is 0 Å². The average Bonchev–Trinajstić information content (AvgIpc) is 3.48. The Morgan fingerprint density at radius 1 is 1.00 bits per heavy atom. The fraction of sp³-hybridized carbons (Fsp3) is 0.524. The first-order chi connectivity index (χ1) is 13.4. The van der Waals surface area contributed by atoms with Gasteiger partial charge in [0.2, 0.25) is 0 Å². The first-order valence-corrected chi connectivity index (χ1v) is 10.3. The smallest absolute Gasteiger partial charge is 0.134 e. The Labute approximate surface area is 160 Å². The van der Waals surface area contributed by atoms with Gasteiger partial charge in [0.15, 0.2) is 0 Å². The standard InChI is InChI=1S/C21H28N6/c1-2-6-14(7-3-1)18-10-16(26-27-18)11-23-21-17-12-22-13-19(17)24-20(25-21)15-8-4-5-9-15/h1-3,6-7,15-16,18,22,26-27H,4-5,8-13H2,(H,23,24,25). The number of nitrogens with one attached hydrogen (secondary N) is 4. The maximum absolute atomic E-state index is 4.95. The van der Waals surface area contributed by atoms with Gasteiger partial charge in [-0.2, -0.15) is 0 Å². The maximum atomic E-state index is 4.95. The quantitative estimate of drug-likeness (QED) is 0.654. The molecule has 0 bridgehead atoms. The molecule has 1 saturated heterocycles. The van der Waals surface area contributed by atoms with Gasteiger partial charge in [-0.3, -0.25) is 5.43 Å². The van der Waals surface area contributed by atoms with Gasteiger partial charge in [0.05, 0.1) is 5.69 Å². The van der Waals surface area contributed by atoms with Crippen LogP contribution in [0.1, 0.15) is 66.7 Å². The average molecular weight is 364 g/mol. The van der Waals surface area contributed by atoms with Crippen LogP contribution in [-0.4, -0.2) is 22.6 Å². The summed E-state index contributed by atoms with van der Waals surface area (Å²) in [4.78, 5) is 9.84. The number of hydrogen-bond acceptors (Lipinski definition) is 6. The minimum absolute atomic E-state index is 0.366. The van der Waals surface area contributed by atoms with E-state index in [0.717, 1.165) is 37.7 Å². The first-order valence-electron chi connectivity index (χ1n) is 10.3. The van der Waals surface area contributed by atoms with Crippen molar-refractivity contribution in [3.63, 3.8) is 0 Å². The van der Waals surface area contributed by atoms with Gasteiger partial charge in [0.1, 0.15) is 11.6 Å².